The highest BCUT2D eigenvalue weighted by Gasteiger charge is 2.66. The lowest BCUT2D eigenvalue weighted by Gasteiger charge is -2.63. The lowest BCUT2D eigenvalue weighted by atomic mass is 9.46. The summed E-state index contributed by atoms with van der Waals surface area (Å²) < 4.78 is 11.3. The Kier molecular flexibility index (Phi) is 2.79. The third-order valence-corrected chi connectivity index (χ3v) is 6.19. The maximum absolute atomic E-state index is 12.7. The zero-order valence-electron chi connectivity index (χ0n) is 12.6. The number of nitrogens with one attached hydrogen (secondary N) is 2. The monoisotopic (exact) mass is 330 g/mol. The van der Waals surface area contributed by atoms with Gasteiger partial charge in [-0.3, -0.25) is 4.79 Å². The largest absolute Gasteiger partial charge is 0.429 e. The van der Waals surface area contributed by atoms with Crippen molar-refractivity contribution >= 4 is 29.2 Å². The van der Waals surface area contributed by atoms with E-state index in [9.17, 15) is 4.79 Å². The average molecular weight is 330 g/mol. The number of H-pyrrole nitrogens is 1. The van der Waals surface area contributed by atoms with Crippen molar-refractivity contribution in [1.82, 2.24) is 10.3 Å². The lowest BCUT2D eigenvalue weighted by molar-refractivity contribution is -0.172. The third kappa shape index (κ3) is 1.82. The van der Waals surface area contributed by atoms with Crippen LogP contribution in [0.5, 0.6) is 0 Å². The van der Waals surface area contributed by atoms with Crippen LogP contribution in [0.25, 0.3) is 11.1 Å². The van der Waals surface area contributed by atoms with Crippen molar-refractivity contribution < 1.29 is 13.9 Å². The van der Waals surface area contributed by atoms with Crippen molar-refractivity contribution in [3.8, 4) is 0 Å². The van der Waals surface area contributed by atoms with Gasteiger partial charge in [-0.2, -0.15) is 0 Å². The van der Waals surface area contributed by atoms with E-state index in [1.165, 1.54) is 19.3 Å². The van der Waals surface area contributed by atoms with Crippen LogP contribution in [0.4, 0.5) is 0 Å². The van der Waals surface area contributed by atoms with Crippen molar-refractivity contribution in [1.29, 1.82) is 0 Å². The lowest BCUT2D eigenvalue weighted by Crippen LogP contribution is -2.71. The van der Waals surface area contributed by atoms with E-state index in [1.807, 2.05) is 12.1 Å². The van der Waals surface area contributed by atoms with E-state index in [-0.39, 0.29) is 17.4 Å². The third-order valence-electron chi connectivity index (χ3n) is 6.01. The average Bonchev–Trinajstić information content (AvgIpc) is 3.05. The molecule has 2 aromatic rings. The molecule has 1 saturated heterocycles. The summed E-state index contributed by atoms with van der Waals surface area (Å²) in [6.07, 6.45) is 5.01. The summed E-state index contributed by atoms with van der Waals surface area (Å²) in [6.45, 7) is 0.833. The Labute approximate surface area is 138 Å². The first-order valence-electron chi connectivity index (χ1n) is 8.23. The molecule has 3 atom stereocenters. The molecule has 0 bridgehead atoms. The first-order valence-corrected chi connectivity index (χ1v) is 8.64. The number of carbonyl (C=O) groups is 1. The number of carbonyl (C=O) groups excluding carboxylic acids is 1. The van der Waals surface area contributed by atoms with E-state index >= 15 is 0 Å². The fraction of sp³-hybridized carbons (Fsp3) is 0.529. The minimum absolute atomic E-state index is 0.0316. The zero-order chi connectivity index (χ0) is 15.6. The van der Waals surface area contributed by atoms with Gasteiger partial charge in [0.25, 0.3) is 10.7 Å². The van der Waals surface area contributed by atoms with Gasteiger partial charge in [-0.25, -0.2) is 0 Å². The second kappa shape index (κ2) is 4.68. The van der Waals surface area contributed by atoms with Gasteiger partial charge in [0.05, 0.1) is 11.6 Å². The molecule has 5 nitrogen and oxygen atoms in total. The molecule has 120 valence electrons. The predicted molar refractivity (Wildman–Crippen MR) is 86.8 cm³/mol. The summed E-state index contributed by atoms with van der Waals surface area (Å²) in [4.78, 5) is 16.0. The number of fused-ring (bicyclic) bond motifs is 3. The van der Waals surface area contributed by atoms with Gasteiger partial charge >= 0.3 is 0 Å². The Morgan fingerprint density at radius 3 is 3.04 bits per heavy atom. The molecule has 5 rings (SSSR count). The first kappa shape index (κ1) is 13.7. The highest BCUT2D eigenvalue weighted by Crippen LogP contribution is 2.62. The second-order valence-electron chi connectivity index (χ2n) is 7.01. The van der Waals surface area contributed by atoms with Gasteiger partial charge in [0.1, 0.15) is 0 Å². The Balaban J connectivity index is 1.40. The van der Waals surface area contributed by atoms with Crippen molar-refractivity contribution in [3.05, 3.63) is 28.6 Å². The van der Waals surface area contributed by atoms with Crippen LogP contribution in [0.1, 0.15) is 36.0 Å². The van der Waals surface area contributed by atoms with Gasteiger partial charge in [-0.1, -0.05) is 6.42 Å². The van der Waals surface area contributed by atoms with Crippen LogP contribution in [-0.2, 0) is 4.74 Å². The molecule has 2 heterocycles. The number of ether oxygens (including phenoxy) is 1. The minimum atomic E-state index is -0.0316. The van der Waals surface area contributed by atoms with Gasteiger partial charge in [-0.05, 0) is 49.7 Å². The highest BCUT2D eigenvalue weighted by atomic mass is 32.1. The molecule has 2 N–H and O–H groups in total. The SMILES string of the molecule is O=C(N[C@@H]1[C@H]2CCO[C@H]2C12CCC2)c1ccc2[nH]c(=S)oc2c1. The number of hydrogen-bond acceptors (Lipinski definition) is 4. The Morgan fingerprint density at radius 2 is 2.26 bits per heavy atom. The van der Waals surface area contributed by atoms with E-state index in [2.05, 4.69) is 10.3 Å². The molecular formula is C17H18N2O3S. The summed E-state index contributed by atoms with van der Waals surface area (Å²) in [5.74, 6) is 0.454. The van der Waals surface area contributed by atoms with E-state index in [4.69, 9.17) is 21.4 Å². The van der Waals surface area contributed by atoms with Crippen molar-refractivity contribution in [3.63, 3.8) is 0 Å². The molecular weight excluding hydrogens is 312 g/mol. The van der Waals surface area contributed by atoms with Crippen LogP contribution < -0.4 is 5.32 Å². The smallest absolute Gasteiger partial charge is 0.266 e. The molecule has 3 fully saturated rings. The summed E-state index contributed by atoms with van der Waals surface area (Å²) in [5.41, 5.74) is 2.26. The summed E-state index contributed by atoms with van der Waals surface area (Å²) in [6, 6.07) is 5.66. The quantitative estimate of drug-likeness (QED) is 0.830. The number of hydrogen-bond donors (Lipinski definition) is 2. The van der Waals surface area contributed by atoms with Gasteiger partial charge in [0.2, 0.25) is 0 Å². The first-order chi connectivity index (χ1) is 11.2. The number of amides is 1. The minimum Gasteiger partial charge on any atom is -0.429 e. The number of aromatic nitrogens is 1. The van der Waals surface area contributed by atoms with Crippen LogP contribution >= 0.6 is 12.2 Å². The number of rotatable bonds is 2. The number of oxazole rings is 1. The molecule has 0 unspecified atom stereocenters. The standard InChI is InChI=1S/C17H18N2O3S/c20-15(9-2-3-11-12(8-9)22-16(23)18-11)19-13-10-4-7-21-14(10)17(13)5-1-6-17/h2-3,8,10,13-14H,1,4-7H2,(H,18,23)(H,19,20)/t10-,13-,14-/m1/s1. The zero-order valence-corrected chi connectivity index (χ0v) is 13.4. The molecule has 1 amide bonds. The van der Waals surface area contributed by atoms with Gasteiger partial charge in [0, 0.05) is 29.5 Å². The summed E-state index contributed by atoms with van der Waals surface area (Å²) in [7, 11) is 0. The van der Waals surface area contributed by atoms with Crippen LogP contribution in [0, 0.1) is 16.2 Å². The maximum Gasteiger partial charge on any atom is 0.266 e. The molecule has 1 aromatic carbocycles. The second-order valence-corrected chi connectivity index (χ2v) is 7.38. The van der Waals surface area contributed by atoms with Gasteiger partial charge in [-0.15, -0.1) is 0 Å². The molecule has 1 spiro atoms. The predicted octanol–water partition coefficient (Wildman–Crippen LogP) is 3.18. The Bertz CT molecular complexity index is 851. The fourth-order valence-corrected chi connectivity index (χ4v) is 4.97. The van der Waals surface area contributed by atoms with Gasteiger partial charge in [0.15, 0.2) is 5.58 Å². The van der Waals surface area contributed by atoms with Gasteiger partial charge < -0.3 is 19.5 Å². The van der Waals surface area contributed by atoms with Crippen molar-refractivity contribution in [2.75, 3.05) is 6.61 Å². The molecule has 1 aromatic heterocycles. The molecule has 3 aliphatic rings. The number of benzene rings is 1. The molecule has 0 radical (unpaired) electrons. The Hall–Kier alpha value is -1.66. The van der Waals surface area contributed by atoms with Crippen molar-refractivity contribution in [2.24, 2.45) is 11.3 Å². The van der Waals surface area contributed by atoms with Crippen LogP contribution in [-0.4, -0.2) is 29.6 Å². The van der Waals surface area contributed by atoms with Crippen LogP contribution in [0.15, 0.2) is 22.6 Å². The van der Waals surface area contributed by atoms with Crippen LogP contribution in [0.3, 0.4) is 0 Å². The molecule has 6 heteroatoms. The fourth-order valence-electron chi connectivity index (χ4n) is 4.77. The van der Waals surface area contributed by atoms with Crippen molar-refractivity contribution in [2.45, 2.75) is 37.8 Å². The van der Waals surface area contributed by atoms with E-state index in [0.717, 1.165) is 18.5 Å². The molecule has 23 heavy (non-hydrogen) atoms. The van der Waals surface area contributed by atoms with Crippen LogP contribution in [0.2, 0.25) is 0 Å². The molecule has 1 aliphatic heterocycles. The molecule has 2 aliphatic carbocycles. The van der Waals surface area contributed by atoms with E-state index in [0.29, 0.717) is 28.0 Å². The molecule has 2 saturated carbocycles. The maximum atomic E-state index is 12.7. The Morgan fingerprint density at radius 1 is 1.39 bits per heavy atom. The summed E-state index contributed by atoms with van der Waals surface area (Å²) >= 11 is 4.99. The topological polar surface area (TPSA) is 67.3 Å². The normalized spacial score (nSPS) is 30.7. The summed E-state index contributed by atoms with van der Waals surface area (Å²) in [5, 5.41) is 3.27. The number of aromatic amines is 1. The van der Waals surface area contributed by atoms with E-state index in [1.54, 1.807) is 6.07 Å². The highest BCUT2D eigenvalue weighted by molar-refractivity contribution is 7.71. The van der Waals surface area contributed by atoms with E-state index < -0.39 is 0 Å².